The van der Waals surface area contributed by atoms with Crippen molar-refractivity contribution in [3.05, 3.63) is 29.3 Å². The third kappa shape index (κ3) is 4.30. The molecule has 0 amide bonds. The van der Waals surface area contributed by atoms with E-state index in [4.69, 9.17) is 9.84 Å². The third-order valence-electron chi connectivity index (χ3n) is 2.47. The Morgan fingerprint density at radius 1 is 1.42 bits per heavy atom. The van der Waals surface area contributed by atoms with E-state index in [2.05, 4.69) is 4.72 Å². The van der Waals surface area contributed by atoms with Crippen LogP contribution in [0.5, 0.6) is 0 Å². The average Bonchev–Trinajstić information content (AvgIpc) is 2.34. The minimum atomic E-state index is -3.72. The van der Waals surface area contributed by atoms with Crippen LogP contribution in [0.4, 0.5) is 0 Å². The summed E-state index contributed by atoms with van der Waals surface area (Å²) in [5.41, 5.74) is 0.435. The first kappa shape index (κ1) is 15.6. The Hall–Kier alpha value is -1.44. The molecule has 6 nitrogen and oxygen atoms in total. The number of aromatic carboxylic acids is 1. The van der Waals surface area contributed by atoms with Crippen LogP contribution in [-0.4, -0.2) is 39.3 Å². The number of hydrogen-bond acceptors (Lipinski definition) is 4. The summed E-state index contributed by atoms with van der Waals surface area (Å²) in [5, 5.41) is 8.88. The van der Waals surface area contributed by atoms with Crippen molar-refractivity contribution in [3.63, 3.8) is 0 Å². The van der Waals surface area contributed by atoms with Gasteiger partial charge in [0.1, 0.15) is 0 Å². The first-order valence-electron chi connectivity index (χ1n) is 5.80. The molecule has 0 bridgehead atoms. The Kier molecular flexibility index (Phi) is 5.46. The summed E-state index contributed by atoms with van der Waals surface area (Å²) in [5.74, 6) is -1.16. The lowest BCUT2D eigenvalue weighted by atomic mass is 10.1. The zero-order valence-electron chi connectivity index (χ0n) is 10.8. The largest absolute Gasteiger partial charge is 0.478 e. The van der Waals surface area contributed by atoms with E-state index in [0.29, 0.717) is 12.2 Å². The number of rotatable bonds is 7. The number of hydrogen-bond donors (Lipinski definition) is 2. The van der Waals surface area contributed by atoms with Gasteiger partial charge in [0, 0.05) is 13.2 Å². The smallest absolute Gasteiger partial charge is 0.335 e. The Morgan fingerprint density at radius 2 is 2.11 bits per heavy atom. The van der Waals surface area contributed by atoms with Crippen LogP contribution in [0.3, 0.4) is 0 Å². The highest BCUT2D eigenvalue weighted by molar-refractivity contribution is 7.89. The molecule has 0 aliphatic rings. The van der Waals surface area contributed by atoms with Gasteiger partial charge in [-0.25, -0.2) is 17.9 Å². The van der Waals surface area contributed by atoms with Crippen molar-refractivity contribution in [2.45, 2.75) is 18.7 Å². The molecular formula is C12H17NO5S. The average molecular weight is 287 g/mol. The molecule has 0 saturated heterocycles. The zero-order valence-corrected chi connectivity index (χ0v) is 11.7. The van der Waals surface area contributed by atoms with Crippen molar-refractivity contribution in [2.75, 3.05) is 19.8 Å². The maximum atomic E-state index is 12.0. The predicted molar refractivity (Wildman–Crippen MR) is 69.8 cm³/mol. The summed E-state index contributed by atoms with van der Waals surface area (Å²) in [6.45, 7) is 4.35. The van der Waals surface area contributed by atoms with Gasteiger partial charge in [-0.2, -0.15) is 0 Å². The van der Waals surface area contributed by atoms with E-state index in [-0.39, 0.29) is 23.6 Å². The topological polar surface area (TPSA) is 92.7 Å². The maximum absolute atomic E-state index is 12.0. The molecular weight excluding hydrogens is 270 g/mol. The van der Waals surface area contributed by atoms with E-state index in [1.807, 2.05) is 6.92 Å². The molecule has 0 fully saturated rings. The second kappa shape index (κ2) is 6.65. The van der Waals surface area contributed by atoms with Gasteiger partial charge in [0.05, 0.1) is 17.1 Å². The lowest BCUT2D eigenvalue weighted by Gasteiger charge is -2.10. The first-order valence-corrected chi connectivity index (χ1v) is 7.28. The first-order chi connectivity index (χ1) is 8.88. The molecule has 0 heterocycles. The molecule has 2 N–H and O–H groups in total. The van der Waals surface area contributed by atoms with Crippen molar-refractivity contribution in [1.82, 2.24) is 4.72 Å². The Labute approximate surface area is 112 Å². The number of benzene rings is 1. The fourth-order valence-electron chi connectivity index (χ4n) is 1.49. The zero-order chi connectivity index (χ0) is 14.5. The molecule has 1 rings (SSSR count). The molecule has 0 spiro atoms. The van der Waals surface area contributed by atoms with Crippen LogP contribution < -0.4 is 4.72 Å². The van der Waals surface area contributed by atoms with Crippen LogP contribution in [-0.2, 0) is 14.8 Å². The Morgan fingerprint density at radius 3 is 2.68 bits per heavy atom. The van der Waals surface area contributed by atoms with Gasteiger partial charge in [0.25, 0.3) is 0 Å². The summed E-state index contributed by atoms with van der Waals surface area (Å²) >= 11 is 0. The molecule has 0 aliphatic heterocycles. The fraction of sp³-hybridized carbons (Fsp3) is 0.417. The van der Waals surface area contributed by atoms with Gasteiger partial charge in [-0.3, -0.25) is 0 Å². The highest BCUT2D eigenvalue weighted by Crippen LogP contribution is 2.16. The van der Waals surface area contributed by atoms with Crippen molar-refractivity contribution in [2.24, 2.45) is 0 Å². The van der Waals surface area contributed by atoms with Crippen molar-refractivity contribution in [3.8, 4) is 0 Å². The van der Waals surface area contributed by atoms with Crippen LogP contribution in [0, 0.1) is 6.92 Å². The number of carboxylic acid groups (broad SMARTS) is 1. The number of carboxylic acids is 1. The minimum absolute atomic E-state index is 0.0242. The number of sulfonamides is 1. The summed E-state index contributed by atoms with van der Waals surface area (Å²) in [6.07, 6.45) is 0. The summed E-state index contributed by atoms with van der Waals surface area (Å²) < 4.78 is 31.5. The third-order valence-corrected chi connectivity index (χ3v) is 4.07. The number of aryl methyl sites for hydroxylation is 1. The molecule has 0 radical (unpaired) electrons. The van der Waals surface area contributed by atoms with Gasteiger partial charge in [0.2, 0.25) is 10.0 Å². The van der Waals surface area contributed by atoms with Crippen LogP contribution in [0.1, 0.15) is 22.8 Å². The summed E-state index contributed by atoms with van der Waals surface area (Å²) in [6, 6.07) is 4.00. The van der Waals surface area contributed by atoms with Crippen LogP contribution in [0.15, 0.2) is 23.1 Å². The predicted octanol–water partition coefficient (Wildman–Crippen LogP) is 1.01. The van der Waals surface area contributed by atoms with E-state index in [1.54, 1.807) is 6.92 Å². The Balaban J connectivity index is 2.94. The van der Waals surface area contributed by atoms with Crippen LogP contribution in [0.25, 0.3) is 0 Å². The van der Waals surface area contributed by atoms with Gasteiger partial charge in [-0.05, 0) is 31.5 Å². The number of ether oxygens (including phenoxy) is 1. The molecule has 0 aliphatic carbocycles. The minimum Gasteiger partial charge on any atom is -0.478 e. The van der Waals surface area contributed by atoms with E-state index in [9.17, 15) is 13.2 Å². The van der Waals surface area contributed by atoms with E-state index >= 15 is 0 Å². The van der Waals surface area contributed by atoms with Crippen LogP contribution in [0.2, 0.25) is 0 Å². The molecule has 106 valence electrons. The summed E-state index contributed by atoms with van der Waals surface area (Å²) in [7, 11) is -3.72. The SMILES string of the molecule is CCOCCNS(=O)(=O)c1cc(C(=O)O)ccc1C. The molecule has 0 atom stereocenters. The standard InChI is InChI=1S/C12H17NO5S/c1-3-18-7-6-13-19(16,17)11-8-10(12(14)15)5-4-9(11)2/h4-5,8,13H,3,6-7H2,1-2H3,(H,14,15). The second-order valence-electron chi connectivity index (χ2n) is 3.88. The quantitative estimate of drug-likeness (QED) is 0.730. The number of carbonyl (C=O) groups is 1. The molecule has 7 heteroatoms. The lowest BCUT2D eigenvalue weighted by molar-refractivity contribution is 0.0696. The monoisotopic (exact) mass is 287 g/mol. The van der Waals surface area contributed by atoms with E-state index < -0.39 is 16.0 Å². The highest BCUT2D eigenvalue weighted by Gasteiger charge is 2.18. The summed E-state index contributed by atoms with van der Waals surface area (Å²) in [4.78, 5) is 10.8. The lowest BCUT2D eigenvalue weighted by Crippen LogP contribution is -2.28. The Bertz CT molecular complexity index is 553. The van der Waals surface area contributed by atoms with Gasteiger partial charge < -0.3 is 9.84 Å². The fourth-order valence-corrected chi connectivity index (χ4v) is 2.77. The molecule has 0 unspecified atom stereocenters. The molecule has 19 heavy (non-hydrogen) atoms. The molecule has 0 aromatic heterocycles. The highest BCUT2D eigenvalue weighted by atomic mass is 32.2. The maximum Gasteiger partial charge on any atom is 0.335 e. The van der Waals surface area contributed by atoms with E-state index in [0.717, 1.165) is 6.07 Å². The van der Waals surface area contributed by atoms with Gasteiger partial charge in [-0.1, -0.05) is 6.07 Å². The van der Waals surface area contributed by atoms with Crippen molar-refractivity contribution < 1.29 is 23.1 Å². The van der Waals surface area contributed by atoms with Crippen molar-refractivity contribution >= 4 is 16.0 Å². The molecule has 1 aromatic carbocycles. The number of nitrogens with one attached hydrogen (secondary N) is 1. The second-order valence-corrected chi connectivity index (χ2v) is 5.62. The van der Waals surface area contributed by atoms with E-state index in [1.165, 1.54) is 12.1 Å². The van der Waals surface area contributed by atoms with Gasteiger partial charge >= 0.3 is 5.97 Å². The van der Waals surface area contributed by atoms with Crippen molar-refractivity contribution in [1.29, 1.82) is 0 Å². The van der Waals surface area contributed by atoms with Gasteiger partial charge in [0.15, 0.2) is 0 Å². The van der Waals surface area contributed by atoms with Crippen LogP contribution >= 0.6 is 0 Å². The van der Waals surface area contributed by atoms with Gasteiger partial charge in [-0.15, -0.1) is 0 Å². The normalized spacial score (nSPS) is 11.5. The molecule has 1 aromatic rings. The molecule has 0 saturated carbocycles.